The van der Waals surface area contributed by atoms with Crippen molar-refractivity contribution in [2.75, 3.05) is 13.2 Å². The van der Waals surface area contributed by atoms with Gasteiger partial charge in [-0.15, -0.1) is 0 Å². The molecule has 0 fully saturated rings. The van der Waals surface area contributed by atoms with E-state index >= 15 is 0 Å². The second kappa shape index (κ2) is 54.2. The second-order valence-corrected chi connectivity index (χ2v) is 19.2. The monoisotopic (exact) mass is 913 g/mol. The first-order valence-corrected chi connectivity index (χ1v) is 28.5. The fraction of sp³-hybridized carbons (Fsp3) is 0.847. The van der Waals surface area contributed by atoms with Gasteiger partial charge >= 0.3 is 17.9 Å². The normalized spacial score (nSPS) is 12.2. The summed E-state index contributed by atoms with van der Waals surface area (Å²) in [6.07, 6.45) is 64.2. The maximum atomic E-state index is 12.8. The molecule has 0 aliphatic heterocycles. The number of allylic oxidation sites excluding steroid dienone is 6. The molecule has 380 valence electrons. The van der Waals surface area contributed by atoms with Crippen LogP contribution in [-0.2, 0) is 28.6 Å². The van der Waals surface area contributed by atoms with Gasteiger partial charge in [0.25, 0.3) is 0 Å². The van der Waals surface area contributed by atoms with Gasteiger partial charge in [-0.3, -0.25) is 14.4 Å². The third-order valence-electron chi connectivity index (χ3n) is 12.6. The average Bonchev–Trinajstić information content (AvgIpc) is 3.30. The maximum Gasteiger partial charge on any atom is 0.306 e. The van der Waals surface area contributed by atoms with E-state index in [9.17, 15) is 14.4 Å². The van der Waals surface area contributed by atoms with Crippen molar-refractivity contribution in [2.45, 2.75) is 309 Å². The fourth-order valence-electron chi connectivity index (χ4n) is 8.24. The molecule has 0 radical (unpaired) electrons. The largest absolute Gasteiger partial charge is 0.462 e. The van der Waals surface area contributed by atoms with E-state index in [1.807, 2.05) is 0 Å². The van der Waals surface area contributed by atoms with Crippen molar-refractivity contribution in [3.8, 4) is 0 Å². The summed E-state index contributed by atoms with van der Waals surface area (Å²) >= 11 is 0. The third kappa shape index (κ3) is 52.5. The first kappa shape index (κ1) is 62.6. The Bertz CT molecular complexity index is 1090. The molecule has 6 heteroatoms. The lowest BCUT2D eigenvalue weighted by Gasteiger charge is -2.18. The highest BCUT2D eigenvalue weighted by Crippen LogP contribution is 2.16. The van der Waals surface area contributed by atoms with Crippen molar-refractivity contribution in [3.63, 3.8) is 0 Å². The highest BCUT2D eigenvalue weighted by Gasteiger charge is 2.19. The summed E-state index contributed by atoms with van der Waals surface area (Å²) in [5.74, 6) is -0.878. The molecule has 65 heavy (non-hydrogen) atoms. The van der Waals surface area contributed by atoms with Gasteiger partial charge < -0.3 is 14.2 Å². The van der Waals surface area contributed by atoms with Crippen LogP contribution in [0.25, 0.3) is 0 Å². The summed E-state index contributed by atoms with van der Waals surface area (Å²) in [7, 11) is 0. The SMILES string of the molecule is CCCC/C=C\CCCCCCCC(=O)OC[C@@H](COC(=O)CCCCCCCCCCC/C=C\CCCCCCCC)OC(=O)CCCCCCCCC/C=C\CCCCCCCC. The van der Waals surface area contributed by atoms with E-state index in [2.05, 4.69) is 57.2 Å². The lowest BCUT2D eigenvalue weighted by Crippen LogP contribution is -2.30. The van der Waals surface area contributed by atoms with Crippen LogP contribution < -0.4 is 0 Å². The first-order chi connectivity index (χ1) is 32.0. The Hall–Kier alpha value is -2.37. The van der Waals surface area contributed by atoms with Crippen molar-refractivity contribution in [2.24, 2.45) is 0 Å². The Kier molecular flexibility index (Phi) is 52.3. The van der Waals surface area contributed by atoms with Gasteiger partial charge in [-0.2, -0.15) is 0 Å². The topological polar surface area (TPSA) is 78.9 Å². The zero-order valence-corrected chi connectivity index (χ0v) is 43.5. The lowest BCUT2D eigenvalue weighted by atomic mass is 10.1. The van der Waals surface area contributed by atoms with Crippen LogP contribution in [0.4, 0.5) is 0 Å². The Balaban J connectivity index is 4.31. The van der Waals surface area contributed by atoms with Gasteiger partial charge in [0.1, 0.15) is 13.2 Å². The molecule has 0 spiro atoms. The number of hydrogen-bond acceptors (Lipinski definition) is 6. The van der Waals surface area contributed by atoms with Crippen molar-refractivity contribution in [1.29, 1.82) is 0 Å². The van der Waals surface area contributed by atoms with Crippen molar-refractivity contribution >= 4 is 17.9 Å². The van der Waals surface area contributed by atoms with Gasteiger partial charge in [0, 0.05) is 19.3 Å². The number of carbonyl (C=O) groups excluding carboxylic acids is 3. The van der Waals surface area contributed by atoms with E-state index in [1.54, 1.807) is 0 Å². The highest BCUT2D eigenvalue weighted by molar-refractivity contribution is 5.71. The minimum atomic E-state index is -0.776. The summed E-state index contributed by atoms with van der Waals surface area (Å²) in [5.41, 5.74) is 0. The number of rotatable bonds is 52. The van der Waals surface area contributed by atoms with E-state index in [-0.39, 0.29) is 31.1 Å². The maximum absolute atomic E-state index is 12.8. The van der Waals surface area contributed by atoms with E-state index in [4.69, 9.17) is 14.2 Å². The van der Waals surface area contributed by atoms with Gasteiger partial charge in [-0.25, -0.2) is 0 Å². The molecule has 0 rings (SSSR count). The molecule has 0 saturated carbocycles. The molecule has 0 aromatic heterocycles. The van der Waals surface area contributed by atoms with Gasteiger partial charge in [0.2, 0.25) is 0 Å². The van der Waals surface area contributed by atoms with Crippen molar-refractivity contribution < 1.29 is 28.6 Å². The lowest BCUT2D eigenvalue weighted by molar-refractivity contribution is -0.167. The molecule has 6 nitrogen and oxygen atoms in total. The summed E-state index contributed by atoms with van der Waals surface area (Å²) in [5, 5.41) is 0. The molecule has 0 saturated heterocycles. The molecule has 0 N–H and O–H groups in total. The molecule has 0 amide bonds. The average molecular weight is 914 g/mol. The van der Waals surface area contributed by atoms with E-state index in [0.29, 0.717) is 19.3 Å². The summed E-state index contributed by atoms with van der Waals surface area (Å²) in [6, 6.07) is 0. The molecular formula is C59H108O6. The Morgan fingerprint density at radius 3 is 0.815 bits per heavy atom. The van der Waals surface area contributed by atoms with Crippen LogP contribution in [0, 0.1) is 0 Å². The van der Waals surface area contributed by atoms with Crippen LogP contribution in [0.2, 0.25) is 0 Å². The third-order valence-corrected chi connectivity index (χ3v) is 12.6. The van der Waals surface area contributed by atoms with E-state index in [0.717, 1.165) is 64.2 Å². The minimum absolute atomic E-state index is 0.0755. The van der Waals surface area contributed by atoms with Crippen LogP contribution in [0.5, 0.6) is 0 Å². The van der Waals surface area contributed by atoms with Crippen molar-refractivity contribution in [1.82, 2.24) is 0 Å². The summed E-state index contributed by atoms with van der Waals surface area (Å²) < 4.78 is 16.8. The standard InChI is InChI=1S/C59H108O6/c1-4-7-10-13-16-19-22-24-26-28-29-31-32-34-37-40-43-46-49-52-58(61)64-55-56(54-63-57(60)51-48-45-42-39-36-21-18-15-12-9-6-3)65-59(62)53-50-47-44-41-38-35-33-30-27-25-23-20-17-14-11-8-5-2/h15,18,24-27,56H,4-14,16-17,19-23,28-55H2,1-3H3/b18-15-,26-24-,27-25-/t56-/m0/s1. The highest BCUT2D eigenvalue weighted by atomic mass is 16.6. The molecule has 1 atom stereocenters. The molecule has 0 aliphatic carbocycles. The fourth-order valence-corrected chi connectivity index (χ4v) is 8.24. The van der Waals surface area contributed by atoms with Gasteiger partial charge in [-0.1, -0.05) is 231 Å². The Morgan fingerprint density at radius 2 is 0.523 bits per heavy atom. The van der Waals surface area contributed by atoms with Crippen LogP contribution in [0.3, 0.4) is 0 Å². The van der Waals surface area contributed by atoms with Gasteiger partial charge in [0.05, 0.1) is 0 Å². The van der Waals surface area contributed by atoms with E-state index in [1.165, 1.54) is 199 Å². The quantitative estimate of drug-likeness (QED) is 0.0262. The summed E-state index contributed by atoms with van der Waals surface area (Å²) in [4.78, 5) is 38.1. The van der Waals surface area contributed by atoms with Crippen LogP contribution >= 0.6 is 0 Å². The number of carbonyl (C=O) groups is 3. The number of ether oxygens (including phenoxy) is 3. The van der Waals surface area contributed by atoms with E-state index < -0.39 is 6.10 Å². The molecule has 0 heterocycles. The Labute approximate surface area is 404 Å². The van der Waals surface area contributed by atoms with Crippen LogP contribution in [-0.4, -0.2) is 37.2 Å². The van der Waals surface area contributed by atoms with Crippen LogP contribution in [0.15, 0.2) is 36.5 Å². The second-order valence-electron chi connectivity index (χ2n) is 19.2. The minimum Gasteiger partial charge on any atom is -0.462 e. The van der Waals surface area contributed by atoms with Crippen molar-refractivity contribution in [3.05, 3.63) is 36.5 Å². The summed E-state index contributed by atoms with van der Waals surface area (Å²) in [6.45, 7) is 6.61. The zero-order valence-electron chi connectivity index (χ0n) is 43.5. The van der Waals surface area contributed by atoms with Crippen LogP contribution in [0.1, 0.15) is 303 Å². The number of hydrogen-bond donors (Lipinski definition) is 0. The predicted molar refractivity (Wildman–Crippen MR) is 279 cm³/mol. The number of unbranched alkanes of at least 4 members (excludes halogenated alkanes) is 35. The molecule has 0 aliphatic rings. The smallest absolute Gasteiger partial charge is 0.306 e. The number of esters is 3. The van der Waals surface area contributed by atoms with Gasteiger partial charge in [0.15, 0.2) is 6.10 Å². The molecule has 0 bridgehead atoms. The first-order valence-electron chi connectivity index (χ1n) is 28.5. The Morgan fingerprint density at radius 1 is 0.292 bits per heavy atom. The molecule has 0 aromatic rings. The van der Waals surface area contributed by atoms with Gasteiger partial charge in [-0.05, 0) is 89.9 Å². The zero-order chi connectivity index (χ0) is 47.2. The predicted octanol–water partition coefficient (Wildman–Crippen LogP) is 18.9. The molecule has 0 aromatic carbocycles. The molecule has 0 unspecified atom stereocenters. The molecular weight excluding hydrogens is 805 g/mol.